The standard InChI is InChI=1S/C23H26N6O5S/c1-35(33,34)29-10-9-28(23(32)15-5-4-8-25-12-15)14-20(29)22(31)27-19(21(24)30)11-16-13-26-18-7-3-2-6-17(16)18/h2-8,12-13,19-20,26H,9-11,14H2,1H3,(H2,24,30)(H,27,31)/t19-,20-/m1/s1. The lowest BCUT2D eigenvalue weighted by Gasteiger charge is -2.39. The minimum atomic E-state index is -3.77. The largest absolute Gasteiger partial charge is 0.368 e. The van der Waals surface area contributed by atoms with Crippen LogP contribution in [0.4, 0.5) is 0 Å². The molecule has 3 aromatic rings. The molecule has 4 rings (SSSR count). The highest BCUT2D eigenvalue weighted by molar-refractivity contribution is 7.88. The van der Waals surface area contributed by atoms with Crippen LogP contribution >= 0.6 is 0 Å². The third kappa shape index (κ3) is 5.33. The third-order valence-corrected chi connectivity index (χ3v) is 7.30. The summed E-state index contributed by atoms with van der Waals surface area (Å²) in [5, 5.41) is 3.49. The Morgan fingerprint density at radius 2 is 1.97 bits per heavy atom. The van der Waals surface area contributed by atoms with Crippen molar-refractivity contribution in [1.82, 2.24) is 24.5 Å². The topological polar surface area (TPSA) is 159 Å². The number of hydrogen-bond donors (Lipinski definition) is 3. The second-order valence-corrected chi connectivity index (χ2v) is 10.3. The molecule has 11 nitrogen and oxygen atoms in total. The Balaban J connectivity index is 1.55. The predicted molar refractivity (Wildman–Crippen MR) is 129 cm³/mol. The Hall–Kier alpha value is -3.77. The Morgan fingerprint density at radius 3 is 2.66 bits per heavy atom. The zero-order valence-corrected chi connectivity index (χ0v) is 19.9. The summed E-state index contributed by atoms with van der Waals surface area (Å²) in [6, 6.07) is 8.42. The molecule has 0 radical (unpaired) electrons. The molecule has 0 unspecified atom stereocenters. The van der Waals surface area contributed by atoms with Crippen molar-refractivity contribution in [2.24, 2.45) is 5.73 Å². The second-order valence-electron chi connectivity index (χ2n) is 8.41. The first kappa shape index (κ1) is 24.4. The highest BCUT2D eigenvalue weighted by Gasteiger charge is 2.40. The van der Waals surface area contributed by atoms with Crippen LogP contribution in [0.15, 0.2) is 55.0 Å². The van der Waals surface area contributed by atoms with Crippen LogP contribution in [0.25, 0.3) is 10.9 Å². The normalized spacial score (nSPS) is 17.7. The van der Waals surface area contributed by atoms with Gasteiger partial charge in [0.1, 0.15) is 12.1 Å². The molecule has 35 heavy (non-hydrogen) atoms. The van der Waals surface area contributed by atoms with Crippen LogP contribution in [0.1, 0.15) is 15.9 Å². The summed E-state index contributed by atoms with van der Waals surface area (Å²) in [7, 11) is -3.77. The van der Waals surface area contributed by atoms with Crippen molar-refractivity contribution in [3.8, 4) is 0 Å². The van der Waals surface area contributed by atoms with E-state index in [2.05, 4.69) is 15.3 Å². The molecule has 0 aliphatic carbocycles. The summed E-state index contributed by atoms with van der Waals surface area (Å²) in [6.07, 6.45) is 5.81. The fourth-order valence-corrected chi connectivity index (χ4v) is 5.28. The summed E-state index contributed by atoms with van der Waals surface area (Å²) in [6.45, 7) is -0.128. The van der Waals surface area contributed by atoms with Crippen LogP contribution in [-0.4, -0.2) is 83.3 Å². The van der Waals surface area contributed by atoms with Crippen molar-refractivity contribution < 1.29 is 22.8 Å². The van der Waals surface area contributed by atoms with E-state index in [0.717, 1.165) is 27.0 Å². The van der Waals surface area contributed by atoms with E-state index in [0.29, 0.717) is 5.56 Å². The first-order valence-electron chi connectivity index (χ1n) is 11.0. The van der Waals surface area contributed by atoms with E-state index in [-0.39, 0.29) is 32.0 Å². The number of nitrogens with one attached hydrogen (secondary N) is 2. The number of amides is 3. The van der Waals surface area contributed by atoms with E-state index in [4.69, 9.17) is 5.73 Å². The Kier molecular flexibility index (Phi) is 6.85. The maximum atomic E-state index is 13.3. The van der Waals surface area contributed by atoms with E-state index in [1.165, 1.54) is 17.3 Å². The van der Waals surface area contributed by atoms with Gasteiger partial charge in [-0.3, -0.25) is 19.4 Å². The number of sulfonamides is 1. The summed E-state index contributed by atoms with van der Waals surface area (Å²) in [5.41, 5.74) is 7.56. The highest BCUT2D eigenvalue weighted by atomic mass is 32.2. The van der Waals surface area contributed by atoms with Gasteiger partial charge in [-0.25, -0.2) is 8.42 Å². The average Bonchev–Trinajstić information content (AvgIpc) is 3.25. The number of benzene rings is 1. The lowest BCUT2D eigenvalue weighted by Crippen LogP contribution is -2.63. The molecule has 3 amide bonds. The lowest BCUT2D eigenvalue weighted by atomic mass is 10.0. The Bertz CT molecular complexity index is 1360. The van der Waals surface area contributed by atoms with Gasteiger partial charge in [-0.15, -0.1) is 0 Å². The van der Waals surface area contributed by atoms with Gasteiger partial charge in [-0.05, 0) is 23.8 Å². The van der Waals surface area contributed by atoms with Gasteiger partial charge in [0.25, 0.3) is 5.91 Å². The first-order chi connectivity index (χ1) is 16.6. The Morgan fingerprint density at radius 1 is 1.20 bits per heavy atom. The van der Waals surface area contributed by atoms with Crippen LogP contribution in [0.2, 0.25) is 0 Å². The van der Waals surface area contributed by atoms with Crippen molar-refractivity contribution in [1.29, 1.82) is 0 Å². The summed E-state index contributed by atoms with van der Waals surface area (Å²) >= 11 is 0. The quantitative estimate of drug-likeness (QED) is 0.411. The van der Waals surface area contributed by atoms with Crippen LogP contribution in [0.3, 0.4) is 0 Å². The monoisotopic (exact) mass is 498 g/mol. The smallest absolute Gasteiger partial charge is 0.255 e. The SMILES string of the molecule is CS(=O)(=O)N1CCN(C(=O)c2cccnc2)C[C@@H]1C(=O)N[C@H](Cc1c[nH]c2ccccc12)C(N)=O. The zero-order valence-electron chi connectivity index (χ0n) is 19.0. The van der Waals surface area contributed by atoms with E-state index < -0.39 is 33.9 Å². The summed E-state index contributed by atoms with van der Waals surface area (Å²) in [4.78, 5) is 46.8. The number of carbonyl (C=O) groups is 3. The molecule has 3 heterocycles. The van der Waals surface area contributed by atoms with Gasteiger partial charge in [-0.1, -0.05) is 18.2 Å². The number of hydrogen-bond acceptors (Lipinski definition) is 6. The molecule has 184 valence electrons. The molecule has 2 aromatic heterocycles. The van der Waals surface area contributed by atoms with Gasteiger partial charge >= 0.3 is 0 Å². The molecule has 0 bridgehead atoms. The molecule has 1 fully saturated rings. The molecule has 2 atom stereocenters. The van der Waals surface area contributed by atoms with Crippen molar-refractivity contribution in [2.45, 2.75) is 18.5 Å². The van der Waals surface area contributed by atoms with Gasteiger partial charge in [-0.2, -0.15) is 4.31 Å². The molecule has 0 saturated carbocycles. The molecule has 1 aliphatic heterocycles. The number of nitrogens with zero attached hydrogens (tertiary/aromatic N) is 3. The molecule has 1 saturated heterocycles. The van der Waals surface area contributed by atoms with Gasteiger partial charge < -0.3 is 20.9 Å². The molecule has 4 N–H and O–H groups in total. The highest BCUT2D eigenvalue weighted by Crippen LogP contribution is 2.20. The van der Waals surface area contributed by atoms with Gasteiger partial charge in [0.2, 0.25) is 21.8 Å². The predicted octanol–water partition coefficient (Wildman–Crippen LogP) is -0.138. The molecule has 1 aliphatic rings. The average molecular weight is 499 g/mol. The number of pyridine rings is 1. The number of H-pyrrole nitrogens is 1. The van der Waals surface area contributed by atoms with Crippen molar-refractivity contribution in [3.05, 3.63) is 66.1 Å². The van der Waals surface area contributed by atoms with E-state index in [1.54, 1.807) is 18.3 Å². The van der Waals surface area contributed by atoms with E-state index in [1.807, 2.05) is 24.3 Å². The van der Waals surface area contributed by atoms with Crippen molar-refractivity contribution in [3.63, 3.8) is 0 Å². The van der Waals surface area contributed by atoms with Crippen LogP contribution in [0.5, 0.6) is 0 Å². The Labute approximate surface area is 202 Å². The fourth-order valence-electron chi connectivity index (χ4n) is 4.24. The first-order valence-corrected chi connectivity index (χ1v) is 12.8. The molecular weight excluding hydrogens is 472 g/mol. The summed E-state index contributed by atoms with van der Waals surface area (Å²) < 4.78 is 25.9. The molecular formula is C23H26N6O5S. The van der Waals surface area contributed by atoms with Crippen molar-refractivity contribution in [2.75, 3.05) is 25.9 Å². The second kappa shape index (κ2) is 9.84. The van der Waals surface area contributed by atoms with E-state index >= 15 is 0 Å². The maximum Gasteiger partial charge on any atom is 0.255 e. The van der Waals surface area contributed by atoms with Crippen LogP contribution in [-0.2, 0) is 26.0 Å². The number of primary amides is 1. The maximum absolute atomic E-state index is 13.3. The zero-order chi connectivity index (χ0) is 25.2. The van der Waals surface area contributed by atoms with E-state index in [9.17, 15) is 22.8 Å². The number of fused-ring (bicyclic) bond motifs is 1. The number of rotatable bonds is 7. The minimum Gasteiger partial charge on any atom is -0.368 e. The van der Waals surface area contributed by atoms with Gasteiger partial charge in [0, 0.05) is 55.5 Å². The van der Waals surface area contributed by atoms with Crippen LogP contribution in [0, 0.1) is 0 Å². The molecule has 12 heteroatoms. The number of aromatic amines is 1. The number of carbonyl (C=O) groups excluding carboxylic acids is 3. The fraction of sp³-hybridized carbons (Fsp3) is 0.304. The molecule has 1 aromatic carbocycles. The van der Waals surface area contributed by atoms with Gasteiger partial charge in [0.15, 0.2) is 0 Å². The van der Waals surface area contributed by atoms with Gasteiger partial charge in [0.05, 0.1) is 11.8 Å². The summed E-state index contributed by atoms with van der Waals surface area (Å²) in [5.74, 6) is -1.83. The number of aromatic nitrogens is 2. The number of nitrogens with two attached hydrogens (primary N) is 1. The minimum absolute atomic E-state index is 0.0629. The number of para-hydroxylation sites is 1. The lowest BCUT2D eigenvalue weighted by molar-refractivity contribution is -0.130. The third-order valence-electron chi connectivity index (χ3n) is 6.01. The van der Waals surface area contributed by atoms with Crippen LogP contribution < -0.4 is 11.1 Å². The van der Waals surface area contributed by atoms with Crippen molar-refractivity contribution >= 4 is 38.6 Å². The number of piperazine rings is 1. The molecule has 0 spiro atoms.